The first-order valence-electron chi connectivity index (χ1n) is 4.97. The highest BCUT2D eigenvalue weighted by Crippen LogP contribution is 2.31. The standard InChI is InChI=1S/C11H12ClNO3/c1-15-10-3-2-7(12)6-8(10)9-4-5-16-11(14)13-9/h2-3,6,9H,4-5H2,1H3,(H,13,14)/t9-/m0/s1. The molecule has 1 amide bonds. The van der Waals surface area contributed by atoms with Crippen molar-refractivity contribution in [1.82, 2.24) is 5.32 Å². The summed E-state index contributed by atoms with van der Waals surface area (Å²) >= 11 is 5.93. The van der Waals surface area contributed by atoms with Crippen molar-refractivity contribution in [3.05, 3.63) is 28.8 Å². The number of ether oxygens (including phenoxy) is 2. The number of hydrogen-bond acceptors (Lipinski definition) is 3. The molecule has 1 saturated heterocycles. The smallest absolute Gasteiger partial charge is 0.407 e. The fourth-order valence-electron chi connectivity index (χ4n) is 1.74. The molecule has 1 aliphatic heterocycles. The number of amides is 1. The molecule has 1 aromatic carbocycles. The molecule has 1 atom stereocenters. The average Bonchev–Trinajstić information content (AvgIpc) is 2.29. The molecule has 1 fully saturated rings. The van der Waals surface area contributed by atoms with Crippen molar-refractivity contribution >= 4 is 17.7 Å². The monoisotopic (exact) mass is 241 g/mol. The van der Waals surface area contributed by atoms with Gasteiger partial charge < -0.3 is 14.8 Å². The molecule has 2 rings (SSSR count). The van der Waals surface area contributed by atoms with E-state index in [-0.39, 0.29) is 6.04 Å². The van der Waals surface area contributed by atoms with Crippen molar-refractivity contribution in [3.8, 4) is 5.75 Å². The van der Waals surface area contributed by atoms with Gasteiger partial charge in [-0.05, 0) is 18.2 Å². The fourth-order valence-corrected chi connectivity index (χ4v) is 1.92. The van der Waals surface area contributed by atoms with Gasteiger partial charge in [0.25, 0.3) is 0 Å². The molecule has 1 aromatic rings. The Labute approximate surface area is 98.5 Å². The van der Waals surface area contributed by atoms with Crippen LogP contribution in [0.3, 0.4) is 0 Å². The molecule has 1 aliphatic rings. The van der Waals surface area contributed by atoms with E-state index < -0.39 is 6.09 Å². The lowest BCUT2D eigenvalue weighted by atomic mass is 10.0. The lowest BCUT2D eigenvalue weighted by Crippen LogP contribution is -2.35. The predicted molar refractivity (Wildman–Crippen MR) is 59.8 cm³/mol. The number of halogens is 1. The first kappa shape index (κ1) is 11.1. The minimum Gasteiger partial charge on any atom is -0.496 e. The summed E-state index contributed by atoms with van der Waals surface area (Å²) in [5.41, 5.74) is 0.881. The third kappa shape index (κ3) is 2.22. The van der Waals surface area contributed by atoms with E-state index in [4.69, 9.17) is 21.1 Å². The normalized spacial score (nSPS) is 19.9. The Morgan fingerprint density at radius 2 is 2.38 bits per heavy atom. The van der Waals surface area contributed by atoms with Gasteiger partial charge in [0.2, 0.25) is 0 Å². The molecular formula is C11H12ClNO3. The molecule has 0 radical (unpaired) electrons. The maximum absolute atomic E-state index is 11.1. The van der Waals surface area contributed by atoms with E-state index in [2.05, 4.69) is 5.32 Å². The molecule has 4 nitrogen and oxygen atoms in total. The number of carbonyl (C=O) groups is 1. The van der Waals surface area contributed by atoms with Crippen LogP contribution in [0.5, 0.6) is 5.75 Å². The highest BCUT2D eigenvalue weighted by molar-refractivity contribution is 6.30. The van der Waals surface area contributed by atoms with Gasteiger partial charge in [-0.2, -0.15) is 0 Å². The summed E-state index contributed by atoms with van der Waals surface area (Å²) in [6.45, 7) is 0.409. The summed E-state index contributed by atoms with van der Waals surface area (Å²) in [5.74, 6) is 0.719. The topological polar surface area (TPSA) is 47.6 Å². The van der Waals surface area contributed by atoms with Crippen LogP contribution in [0, 0.1) is 0 Å². The maximum Gasteiger partial charge on any atom is 0.407 e. The molecule has 0 unspecified atom stereocenters. The summed E-state index contributed by atoms with van der Waals surface area (Å²) in [6, 6.07) is 5.25. The van der Waals surface area contributed by atoms with Crippen LogP contribution in [0.4, 0.5) is 4.79 Å². The number of benzene rings is 1. The van der Waals surface area contributed by atoms with Crippen molar-refractivity contribution in [1.29, 1.82) is 0 Å². The third-order valence-electron chi connectivity index (χ3n) is 2.50. The molecule has 1 heterocycles. The highest BCUT2D eigenvalue weighted by Gasteiger charge is 2.23. The van der Waals surface area contributed by atoms with Gasteiger partial charge >= 0.3 is 6.09 Å². The lowest BCUT2D eigenvalue weighted by molar-refractivity contribution is 0.115. The van der Waals surface area contributed by atoms with Gasteiger partial charge in [-0.15, -0.1) is 0 Å². The molecule has 86 valence electrons. The molecule has 0 saturated carbocycles. The Morgan fingerprint density at radius 3 is 3.06 bits per heavy atom. The van der Waals surface area contributed by atoms with Crippen LogP contribution in [-0.4, -0.2) is 19.8 Å². The zero-order valence-corrected chi connectivity index (χ0v) is 9.58. The van der Waals surface area contributed by atoms with E-state index in [1.165, 1.54) is 0 Å². The number of alkyl carbamates (subject to hydrolysis) is 1. The second-order valence-electron chi connectivity index (χ2n) is 3.51. The number of hydrogen-bond donors (Lipinski definition) is 1. The minimum atomic E-state index is -0.404. The quantitative estimate of drug-likeness (QED) is 0.866. The third-order valence-corrected chi connectivity index (χ3v) is 2.73. The van der Waals surface area contributed by atoms with Crippen LogP contribution in [-0.2, 0) is 4.74 Å². The largest absolute Gasteiger partial charge is 0.496 e. The lowest BCUT2D eigenvalue weighted by Gasteiger charge is -2.25. The van der Waals surface area contributed by atoms with E-state index in [0.717, 1.165) is 11.3 Å². The van der Waals surface area contributed by atoms with E-state index in [0.29, 0.717) is 18.1 Å². The Bertz CT molecular complexity index is 408. The van der Waals surface area contributed by atoms with Crippen LogP contribution < -0.4 is 10.1 Å². The summed E-state index contributed by atoms with van der Waals surface area (Å²) < 4.78 is 10.0. The Balaban J connectivity index is 2.30. The summed E-state index contributed by atoms with van der Waals surface area (Å²) in [7, 11) is 1.59. The van der Waals surface area contributed by atoms with Crippen molar-refractivity contribution in [2.45, 2.75) is 12.5 Å². The number of cyclic esters (lactones) is 1. The van der Waals surface area contributed by atoms with E-state index in [1.54, 1.807) is 25.3 Å². The zero-order valence-electron chi connectivity index (χ0n) is 8.83. The van der Waals surface area contributed by atoms with Crippen LogP contribution in [0.15, 0.2) is 18.2 Å². The van der Waals surface area contributed by atoms with E-state index in [9.17, 15) is 4.79 Å². The Hall–Kier alpha value is -1.42. The zero-order chi connectivity index (χ0) is 11.5. The average molecular weight is 242 g/mol. The molecule has 0 aromatic heterocycles. The van der Waals surface area contributed by atoms with Crippen LogP contribution >= 0.6 is 11.6 Å². The molecule has 5 heteroatoms. The molecule has 0 bridgehead atoms. The SMILES string of the molecule is COc1ccc(Cl)cc1[C@@H]1CCOC(=O)N1. The van der Waals surface area contributed by atoms with E-state index >= 15 is 0 Å². The van der Waals surface area contributed by atoms with Gasteiger partial charge in [-0.3, -0.25) is 0 Å². The highest BCUT2D eigenvalue weighted by atomic mass is 35.5. The number of nitrogens with one attached hydrogen (secondary N) is 1. The maximum atomic E-state index is 11.1. The van der Waals surface area contributed by atoms with Gasteiger partial charge in [0.05, 0.1) is 19.8 Å². The number of rotatable bonds is 2. The van der Waals surface area contributed by atoms with Crippen molar-refractivity contribution in [2.24, 2.45) is 0 Å². The molecule has 0 aliphatic carbocycles. The van der Waals surface area contributed by atoms with Crippen LogP contribution in [0.1, 0.15) is 18.0 Å². The van der Waals surface area contributed by atoms with Gasteiger partial charge in [-0.25, -0.2) is 4.79 Å². The molecule has 0 spiro atoms. The Morgan fingerprint density at radius 1 is 1.56 bits per heavy atom. The van der Waals surface area contributed by atoms with E-state index in [1.807, 2.05) is 0 Å². The van der Waals surface area contributed by atoms with Gasteiger partial charge in [0.1, 0.15) is 5.75 Å². The second-order valence-corrected chi connectivity index (χ2v) is 3.94. The number of carbonyl (C=O) groups excluding carboxylic acids is 1. The second kappa shape index (κ2) is 4.61. The summed E-state index contributed by atoms with van der Waals surface area (Å²) in [5, 5.41) is 3.36. The van der Waals surface area contributed by atoms with Crippen molar-refractivity contribution < 1.29 is 14.3 Å². The number of methoxy groups -OCH3 is 1. The van der Waals surface area contributed by atoms with Gasteiger partial charge in [-0.1, -0.05) is 11.6 Å². The van der Waals surface area contributed by atoms with Crippen LogP contribution in [0.25, 0.3) is 0 Å². The molecule has 16 heavy (non-hydrogen) atoms. The first-order valence-corrected chi connectivity index (χ1v) is 5.35. The molecular weight excluding hydrogens is 230 g/mol. The van der Waals surface area contributed by atoms with Crippen LogP contribution in [0.2, 0.25) is 5.02 Å². The minimum absolute atomic E-state index is 0.102. The summed E-state index contributed by atoms with van der Waals surface area (Å²) in [4.78, 5) is 11.1. The van der Waals surface area contributed by atoms with Crippen molar-refractivity contribution in [3.63, 3.8) is 0 Å². The van der Waals surface area contributed by atoms with Gasteiger partial charge in [0.15, 0.2) is 0 Å². The Kier molecular flexibility index (Phi) is 3.19. The summed E-state index contributed by atoms with van der Waals surface area (Å²) in [6.07, 6.45) is 0.306. The van der Waals surface area contributed by atoms with Crippen molar-refractivity contribution in [2.75, 3.05) is 13.7 Å². The first-order chi connectivity index (χ1) is 7.70. The predicted octanol–water partition coefficient (Wildman–Crippen LogP) is 2.52. The van der Waals surface area contributed by atoms with Gasteiger partial charge in [0, 0.05) is 17.0 Å². The molecule has 1 N–H and O–H groups in total. The fraction of sp³-hybridized carbons (Fsp3) is 0.364.